The van der Waals surface area contributed by atoms with Gasteiger partial charge in [0, 0.05) is 11.6 Å². The molecule has 3 rings (SSSR count). The third-order valence-corrected chi connectivity index (χ3v) is 3.36. The molecule has 0 aliphatic heterocycles. The zero-order chi connectivity index (χ0) is 14.3. The number of rotatable bonds is 1. The van der Waals surface area contributed by atoms with Gasteiger partial charge >= 0.3 is 0 Å². The molecular weight excluding hydrogens is 256 g/mol. The van der Waals surface area contributed by atoms with Gasteiger partial charge in [0.25, 0.3) is 0 Å². The molecule has 0 saturated carbocycles. The quantitative estimate of drug-likeness (QED) is 0.743. The third-order valence-electron chi connectivity index (χ3n) is 3.36. The van der Waals surface area contributed by atoms with Crippen molar-refractivity contribution in [3.05, 3.63) is 59.2 Å². The van der Waals surface area contributed by atoms with Crippen molar-refractivity contribution in [2.24, 2.45) is 0 Å². The Labute approximate surface area is 115 Å². The van der Waals surface area contributed by atoms with Crippen molar-refractivity contribution in [1.29, 1.82) is 0 Å². The number of phenolic OH excluding ortho intramolecular Hbond substituents is 3. The summed E-state index contributed by atoms with van der Waals surface area (Å²) in [6.45, 7) is 0. The molecule has 2 aromatic rings. The smallest absolute Gasteiger partial charge is 0.197 e. The molecule has 0 aromatic heterocycles. The first-order valence-electron chi connectivity index (χ1n) is 6.15. The topological polar surface area (TPSA) is 77.8 Å². The summed E-state index contributed by atoms with van der Waals surface area (Å²) in [5.74, 6) is -0.426. The molecule has 0 fully saturated rings. The lowest BCUT2D eigenvalue weighted by Gasteiger charge is -2.17. The number of carbonyl (C=O) groups is 1. The van der Waals surface area contributed by atoms with Gasteiger partial charge in [0.15, 0.2) is 5.78 Å². The Balaban J connectivity index is 2.08. The largest absolute Gasteiger partial charge is 0.508 e. The number of Topliss-reactive ketones (excluding diaryl/α,β-unsaturated/α-hetero) is 1. The van der Waals surface area contributed by atoms with Gasteiger partial charge in [-0.05, 0) is 35.7 Å². The molecule has 0 amide bonds. The average Bonchev–Trinajstić information content (AvgIpc) is 2.39. The van der Waals surface area contributed by atoms with E-state index in [1.807, 2.05) is 0 Å². The second kappa shape index (κ2) is 4.42. The van der Waals surface area contributed by atoms with E-state index in [1.165, 1.54) is 18.2 Å². The lowest BCUT2D eigenvalue weighted by molar-refractivity contribution is 0.105. The van der Waals surface area contributed by atoms with Gasteiger partial charge in [0.05, 0.1) is 5.56 Å². The van der Waals surface area contributed by atoms with Crippen LogP contribution in [0.2, 0.25) is 0 Å². The third kappa shape index (κ3) is 1.91. The van der Waals surface area contributed by atoms with Gasteiger partial charge in [-0.2, -0.15) is 0 Å². The van der Waals surface area contributed by atoms with E-state index in [1.54, 1.807) is 18.2 Å². The molecule has 0 bridgehead atoms. The van der Waals surface area contributed by atoms with E-state index in [9.17, 15) is 20.1 Å². The maximum absolute atomic E-state index is 12.5. The van der Waals surface area contributed by atoms with E-state index in [0.717, 1.165) is 6.07 Å². The van der Waals surface area contributed by atoms with Gasteiger partial charge in [-0.1, -0.05) is 18.2 Å². The van der Waals surface area contributed by atoms with Gasteiger partial charge in [-0.15, -0.1) is 0 Å². The fraction of sp³-hybridized carbons (Fsp3) is 0.0625. The van der Waals surface area contributed by atoms with Crippen molar-refractivity contribution in [3.8, 4) is 17.2 Å². The van der Waals surface area contributed by atoms with Crippen LogP contribution in [0.1, 0.15) is 21.5 Å². The van der Waals surface area contributed by atoms with Crippen LogP contribution < -0.4 is 0 Å². The second-order valence-electron chi connectivity index (χ2n) is 4.70. The van der Waals surface area contributed by atoms with Crippen molar-refractivity contribution in [2.75, 3.05) is 0 Å². The fourth-order valence-electron chi connectivity index (χ4n) is 2.42. The van der Waals surface area contributed by atoms with Crippen LogP contribution in [0, 0.1) is 0 Å². The number of fused-ring (bicyclic) bond motifs is 1. The standard InChI is InChI=1S/C16H12O4/c17-11-4-1-9(2-5-11)13-6-3-10-7-12(18)8-14(19)15(10)16(13)20/h1-2,4-8,17-19H,3H2. The normalized spacial score (nSPS) is 13.8. The molecule has 4 nitrogen and oxygen atoms in total. The molecule has 0 atom stereocenters. The van der Waals surface area contributed by atoms with Crippen LogP contribution in [0.25, 0.3) is 5.57 Å². The maximum Gasteiger partial charge on any atom is 0.197 e. The van der Waals surface area contributed by atoms with Crippen molar-refractivity contribution < 1.29 is 20.1 Å². The zero-order valence-corrected chi connectivity index (χ0v) is 10.5. The Hall–Kier alpha value is -2.75. The van der Waals surface area contributed by atoms with Gasteiger partial charge in [-0.3, -0.25) is 4.79 Å². The molecular formula is C16H12O4. The van der Waals surface area contributed by atoms with E-state index >= 15 is 0 Å². The summed E-state index contributed by atoms with van der Waals surface area (Å²) >= 11 is 0. The minimum absolute atomic E-state index is 0.0597. The van der Waals surface area contributed by atoms with E-state index in [4.69, 9.17) is 0 Å². The predicted molar refractivity (Wildman–Crippen MR) is 73.9 cm³/mol. The Morgan fingerprint density at radius 1 is 0.900 bits per heavy atom. The Kier molecular flexibility index (Phi) is 2.71. The Morgan fingerprint density at radius 3 is 2.30 bits per heavy atom. The first-order valence-corrected chi connectivity index (χ1v) is 6.15. The van der Waals surface area contributed by atoms with Crippen LogP contribution in [0.15, 0.2) is 42.5 Å². The average molecular weight is 268 g/mol. The van der Waals surface area contributed by atoms with Crippen LogP contribution in [-0.4, -0.2) is 21.1 Å². The Bertz CT molecular complexity index is 727. The van der Waals surface area contributed by atoms with E-state index in [-0.39, 0.29) is 28.6 Å². The number of allylic oxidation sites excluding steroid dienone is 2. The maximum atomic E-state index is 12.5. The summed E-state index contributed by atoms with van der Waals surface area (Å²) in [5, 5.41) is 28.6. The molecule has 1 aliphatic rings. The van der Waals surface area contributed by atoms with Crippen molar-refractivity contribution in [3.63, 3.8) is 0 Å². The first-order chi connectivity index (χ1) is 9.56. The number of carbonyl (C=O) groups excluding carboxylic acids is 1. The highest BCUT2D eigenvalue weighted by atomic mass is 16.3. The zero-order valence-electron chi connectivity index (χ0n) is 10.5. The van der Waals surface area contributed by atoms with Gasteiger partial charge in [0.1, 0.15) is 17.2 Å². The molecule has 2 aromatic carbocycles. The highest BCUT2D eigenvalue weighted by Gasteiger charge is 2.25. The lowest BCUT2D eigenvalue weighted by Crippen LogP contribution is -2.11. The fourth-order valence-corrected chi connectivity index (χ4v) is 2.42. The van der Waals surface area contributed by atoms with Gasteiger partial charge in [-0.25, -0.2) is 0 Å². The first kappa shape index (κ1) is 12.3. The molecule has 20 heavy (non-hydrogen) atoms. The molecule has 0 unspecified atom stereocenters. The second-order valence-corrected chi connectivity index (χ2v) is 4.70. The number of hydrogen-bond acceptors (Lipinski definition) is 4. The summed E-state index contributed by atoms with van der Waals surface area (Å²) in [4.78, 5) is 12.5. The van der Waals surface area contributed by atoms with Gasteiger partial charge in [0.2, 0.25) is 0 Å². The summed E-state index contributed by atoms with van der Waals surface area (Å²) in [6, 6.07) is 8.97. The molecule has 0 saturated heterocycles. The predicted octanol–water partition coefficient (Wildman–Crippen LogP) is 2.63. The molecule has 0 radical (unpaired) electrons. The molecule has 1 aliphatic carbocycles. The van der Waals surface area contributed by atoms with E-state index in [2.05, 4.69) is 0 Å². The summed E-state index contributed by atoms with van der Waals surface area (Å²) in [6.07, 6.45) is 2.22. The molecule has 0 heterocycles. The van der Waals surface area contributed by atoms with Crippen LogP contribution in [0.4, 0.5) is 0 Å². The van der Waals surface area contributed by atoms with E-state index < -0.39 is 0 Å². The monoisotopic (exact) mass is 268 g/mol. The highest BCUT2D eigenvalue weighted by molar-refractivity contribution is 6.31. The number of benzene rings is 2. The van der Waals surface area contributed by atoms with Crippen LogP contribution >= 0.6 is 0 Å². The minimum atomic E-state index is -0.283. The number of aromatic hydroxyl groups is 3. The van der Waals surface area contributed by atoms with Crippen LogP contribution in [0.5, 0.6) is 17.2 Å². The summed E-state index contributed by atoms with van der Waals surface area (Å²) in [5.41, 5.74) is 2.01. The van der Waals surface area contributed by atoms with E-state index in [0.29, 0.717) is 23.1 Å². The number of phenols is 3. The van der Waals surface area contributed by atoms with Crippen molar-refractivity contribution >= 4 is 11.4 Å². The molecule has 3 N–H and O–H groups in total. The minimum Gasteiger partial charge on any atom is -0.508 e. The summed E-state index contributed by atoms with van der Waals surface area (Å²) in [7, 11) is 0. The number of ketones is 1. The molecule has 0 spiro atoms. The van der Waals surface area contributed by atoms with Crippen molar-refractivity contribution in [2.45, 2.75) is 6.42 Å². The number of hydrogen-bond donors (Lipinski definition) is 3. The SMILES string of the molecule is O=C1C(c2ccc(O)cc2)=CCc2cc(O)cc(O)c21. The summed E-state index contributed by atoms with van der Waals surface area (Å²) < 4.78 is 0. The Morgan fingerprint density at radius 2 is 1.60 bits per heavy atom. The van der Waals surface area contributed by atoms with Gasteiger partial charge < -0.3 is 15.3 Å². The lowest BCUT2D eigenvalue weighted by atomic mass is 9.86. The molecule has 4 heteroatoms. The molecule has 100 valence electrons. The van der Waals surface area contributed by atoms with Crippen LogP contribution in [-0.2, 0) is 6.42 Å². The van der Waals surface area contributed by atoms with Crippen molar-refractivity contribution in [1.82, 2.24) is 0 Å². The highest BCUT2D eigenvalue weighted by Crippen LogP contribution is 2.35. The van der Waals surface area contributed by atoms with Crippen LogP contribution in [0.3, 0.4) is 0 Å².